The Morgan fingerprint density at radius 2 is 2.10 bits per heavy atom. The van der Waals surface area contributed by atoms with Gasteiger partial charge in [-0.05, 0) is 25.0 Å². The van der Waals surface area contributed by atoms with Crippen LogP contribution in [0.1, 0.15) is 23.2 Å². The number of fused-ring (bicyclic) bond motifs is 2. The quantitative estimate of drug-likeness (QED) is 0.834. The van der Waals surface area contributed by atoms with Crippen molar-refractivity contribution < 1.29 is 14.3 Å². The van der Waals surface area contributed by atoms with Crippen molar-refractivity contribution in [3.8, 4) is 0 Å². The zero-order valence-corrected chi connectivity index (χ0v) is 11.5. The van der Waals surface area contributed by atoms with Gasteiger partial charge in [0.1, 0.15) is 6.04 Å². The molecule has 0 aliphatic carbocycles. The molecule has 0 aromatic heterocycles. The maximum absolute atomic E-state index is 12.7. The molecule has 0 radical (unpaired) electrons. The Bertz CT molecular complexity index is 544. The molecule has 1 fully saturated rings. The minimum absolute atomic E-state index is 0.0119. The Morgan fingerprint density at radius 1 is 1.30 bits per heavy atom. The van der Waals surface area contributed by atoms with E-state index in [1.54, 1.807) is 23.0 Å². The minimum Gasteiger partial charge on any atom is -0.383 e. The van der Waals surface area contributed by atoms with Gasteiger partial charge in [-0.2, -0.15) is 0 Å². The molecular formula is C15H18N2O3. The second kappa shape index (κ2) is 5.25. The molecule has 0 spiro atoms. The van der Waals surface area contributed by atoms with Crippen molar-refractivity contribution in [3.05, 3.63) is 29.8 Å². The van der Waals surface area contributed by atoms with E-state index in [-0.39, 0.29) is 17.9 Å². The van der Waals surface area contributed by atoms with Crippen LogP contribution in [-0.2, 0) is 9.53 Å². The molecule has 1 saturated heterocycles. The predicted molar refractivity (Wildman–Crippen MR) is 74.7 cm³/mol. The van der Waals surface area contributed by atoms with E-state index in [0.717, 1.165) is 12.8 Å². The number of anilines is 1. The lowest BCUT2D eigenvalue weighted by Crippen LogP contribution is -2.45. The van der Waals surface area contributed by atoms with Crippen LogP contribution in [0.2, 0.25) is 0 Å². The number of ether oxygens (including phenoxy) is 1. The molecular weight excluding hydrogens is 256 g/mol. The number of hydrogen-bond acceptors (Lipinski definition) is 3. The number of para-hydroxylation sites is 1. The highest BCUT2D eigenvalue weighted by molar-refractivity contribution is 6.11. The zero-order valence-electron chi connectivity index (χ0n) is 11.5. The van der Waals surface area contributed by atoms with E-state index in [0.29, 0.717) is 30.9 Å². The van der Waals surface area contributed by atoms with Gasteiger partial charge >= 0.3 is 0 Å². The van der Waals surface area contributed by atoms with E-state index in [1.807, 2.05) is 18.2 Å². The average Bonchev–Trinajstić information content (AvgIpc) is 2.93. The molecule has 106 valence electrons. The van der Waals surface area contributed by atoms with Crippen molar-refractivity contribution in [3.63, 3.8) is 0 Å². The molecule has 2 aliphatic heterocycles. The van der Waals surface area contributed by atoms with Crippen molar-refractivity contribution in [1.82, 2.24) is 4.90 Å². The summed E-state index contributed by atoms with van der Waals surface area (Å²) < 4.78 is 5.09. The summed E-state index contributed by atoms with van der Waals surface area (Å²) in [5.74, 6) is -0.0192. The summed E-state index contributed by atoms with van der Waals surface area (Å²) in [7, 11) is 1.61. The fourth-order valence-corrected chi connectivity index (χ4v) is 3.02. The Balaban J connectivity index is 2.06. The first kappa shape index (κ1) is 13.1. The summed E-state index contributed by atoms with van der Waals surface area (Å²) in [5.41, 5.74) is 1.32. The van der Waals surface area contributed by atoms with Crippen LogP contribution < -0.4 is 4.90 Å². The van der Waals surface area contributed by atoms with Crippen molar-refractivity contribution in [2.24, 2.45) is 0 Å². The molecule has 2 amide bonds. The van der Waals surface area contributed by atoms with Gasteiger partial charge in [0.2, 0.25) is 5.91 Å². The zero-order chi connectivity index (χ0) is 14.1. The maximum atomic E-state index is 12.7. The average molecular weight is 274 g/mol. The summed E-state index contributed by atoms with van der Waals surface area (Å²) >= 11 is 0. The van der Waals surface area contributed by atoms with E-state index >= 15 is 0 Å². The SMILES string of the molecule is COCCN1C(=O)[C@@H]2CCCN2C(=O)c2ccccc21. The molecule has 5 heteroatoms. The lowest BCUT2D eigenvalue weighted by Gasteiger charge is -2.25. The largest absolute Gasteiger partial charge is 0.383 e. The Kier molecular flexibility index (Phi) is 3.44. The monoisotopic (exact) mass is 274 g/mol. The molecule has 3 rings (SSSR count). The predicted octanol–water partition coefficient (Wildman–Crippen LogP) is 1.28. The topological polar surface area (TPSA) is 49.9 Å². The van der Waals surface area contributed by atoms with Crippen LogP contribution in [0, 0.1) is 0 Å². The third-order valence-electron chi connectivity index (χ3n) is 4.01. The lowest BCUT2D eigenvalue weighted by atomic mass is 10.1. The minimum atomic E-state index is -0.313. The fraction of sp³-hybridized carbons (Fsp3) is 0.467. The van der Waals surface area contributed by atoms with Gasteiger partial charge in [0.05, 0.1) is 17.9 Å². The van der Waals surface area contributed by atoms with Gasteiger partial charge in [-0.1, -0.05) is 12.1 Å². The Hall–Kier alpha value is -1.88. The molecule has 0 unspecified atom stereocenters. The van der Waals surface area contributed by atoms with Crippen LogP contribution in [0.5, 0.6) is 0 Å². The normalized spacial score (nSPS) is 21.8. The molecule has 2 aliphatic rings. The first-order valence-corrected chi connectivity index (χ1v) is 6.94. The van der Waals surface area contributed by atoms with Crippen LogP contribution in [-0.4, -0.2) is 49.6 Å². The highest BCUT2D eigenvalue weighted by Crippen LogP contribution is 2.31. The van der Waals surface area contributed by atoms with Gasteiger partial charge in [-0.15, -0.1) is 0 Å². The molecule has 1 atom stereocenters. The van der Waals surface area contributed by atoms with Crippen LogP contribution in [0.3, 0.4) is 0 Å². The van der Waals surface area contributed by atoms with Gasteiger partial charge in [0.15, 0.2) is 0 Å². The van der Waals surface area contributed by atoms with Gasteiger partial charge < -0.3 is 14.5 Å². The molecule has 1 aromatic carbocycles. The number of benzene rings is 1. The number of amides is 2. The molecule has 0 saturated carbocycles. The molecule has 0 N–H and O–H groups in total. The smallest absolute Gasteiger partial charge is 0.256 e. The summed E-state index contributed by atoms with van der Waals surface area (Å²) in [6.07, 6.45) is 1.64. The highest BCUT2D eigenvalue weighted by atomic mass is 16.5. The number of nitrogens with zero attached hydrogens (tertiary/aromatic N) is 2. The fourth-order valence-electron chi connectivity index (χ4n) is 3.02. The lowest BCUT2D eigenvalue weighted by molar-refractivity contribution is -0.122. The van der Waals surface area contributed by atoms with Crippen LogP contribution in [0.25, 0.3) is 0 Å². The summed E-state index contributed by atoms with van der Waals surface area (Å²) in [4.78, 5) is 28.7. The number of carbonyl (C=O) groups is 2. The molecule has 5 nitrogen and oxygen atoms in total. The number of carbonyl (C=O) groups excluding carboxylic acids is 2. The van der Waals surface area contributed by atoms with Crippen molar-refractivity contribution in [2.75, 3.05) is 31.7 Å². The number of rotatable bonds is 3. The second-order valence-corrected chi connectivity index (χ2v) is 5.16. The molecule has 2 heterocycles. The van der Waals surface area contributed by atoms with Gasteiger partial charge in [0.25, 0.3) is 5.91 Å². The standard InChI is InChI=1S/C15H18N2O3/c1-20-10-9-17-12-6-3-2-5-11(12)14(18)16-8-4-7-13(16)15(17)19/h2-3,5-6,13H,4,7-10H2,1H3/t13-/m0/s1. The third-order valence-corrected chi connectivity index (χ3v) is 4.01. The van der Waals surface area contributed by atoms with Gasteiger partial charge in [0, 0.05) is 20.2 Å². The second-order valence-electron chi connectivity index (χ2n) is 5.16. The first-order valence-electron chi connectivity index (χ1n) is 6.94. The van der Waals surface area contributed by atoms with E-state index in [4.69, 9.17) is 4.74 Å². The third kappa shape index (κ3) is 1.98. The molecule has 1 aromatic rings. The van der Waals surface area contributed by atoms with Crippen LogP contribution in [0.15, 0.2) is 24.3 Å². The number of hydrogen-bond donors (Lipinski definition) is 0. The molecule has 0 bridgehead atoms. The Labute approximate surface area is 118 Å². The number of methoxy groups -OCH3 is 1. The highest BCUT2D eigenvalue weighted by Gasteiger charge is 2.41. The van der Waals surface area contributed by atoms with Crippen LogP contribution >= 0.6 is 0 Å². The summed E-state index contributed by atoms with van der Waals surface area (Å²) in [5, 5.41) is 0. The van der Waals surface area contributed by atoms with E-state index < -0.39 is 0 Å². The Morgan fingerprint density at radius 3 is 2.90 bits per heavy atom. The van der Waals surface area contributed by atoms with Crippen molar-refractivity contribution >= 4 is 17.5 Å². The maximum Gasteiger partial charge on any atom is 0.256 e. The van der Waals surface area contributed by atoms with Crippen LogP contribution in [0.4, 0.5) is 5.69 Å². The van der Waals surface area contributed by atoms with Gasteiger partial charge in [-0.25, -0.2) is 0 Å². The summed E-state index contributed by atoms with van der Waals surface area (Å²) in [6.45, 7) is 1.60. The van der Waals surface area contributed by atoms with Crippen molar-refractivity contribution in [1.29, 1.82) is 0 Å². The van der Waals surface area contributed by atoms with E-state index in [2.05, 4.69) is 0 Å². The summed E-state index contributed by atoms with van der Waals surface area (Å²) in [6, 6.07) is 7.02. The van der Waals surface area contributed by atoms with E-state index in [9.17, 15) is 9.59 Å². The van der Waals surface area contributed by atoms with Crippen molar-refractivity contribution in [2.45, 2.75) is 18.9 Å². The van der Waals surface area contributed by atoms with E-state index in [1.165, 1.54) is 0 Å². The van der Waals surface area contributed by atoms with Gasteiger partial charge in [-0.3, -0.25) is 9.59 Å². The molecule has 20 heavy (non-hydrogen) atoms. The first-order chi connectivity index (χ1) is 9.74.